The lowest BCUT2D eigenvalue weighted by molar-refractivity contribution is -0.116. The van der Waals surface area contributed by atoms with Crippen LogP contribution >= 0.6 is 11.8 Å². The Morgan fingerprint density at radius 1 is 1.06 bits per heavy atom. The Bertz CT molecular complexity index is 1430. The van der Waals surface area contributed by atoms with Gasteiger partial charge in [0.1, 0.15) is 5.82 Å². The molecular weight excluding hydrogens is 460 g/mol. The molecule has 7 nitrogen and oxygen atoms in total. The van der Waals surface area contributed by atoms with Crippen molar-refractivity contribution in [2.45, 2.75) is 44.0 Å². The Morgan fingerprint density at radius 2 is 1.80 bits per heavy atom. The van der Waals surface area contributed by atoms with E-state index in [1.165, 1.54) is 16.3 Å². The van der Waals surface area contributed by atoms with Crippen LogP contribution in [0.15, 0.2) is 76.8 Å². The van der Waals surface area contributed by atoms with Gasteiger partial charge in [0.05, 0.1) is 16.2 Å². The zero-order valence-corrected chi connectivity index (χ0v) is 20.6. The van der Waals surface area contributed by atoms with Crippen molar-refractivity contribution >= 4 is 40.0 Å². The number of pyridine rings is 1. The van der Waals surface area contributed by atoms with E-state index in [0.717, 1.165) is 12.0 Å². The van der Waals surface area contributed by atoms with Crippen LogP contribution < -0.4 is 10.9 Å². The number of amides is 1. The number of nitrogens with zero attached hydrogens (tertiary/aromatic N) is 3. The standard InChI is InChI=1S/C27H26N4O3S/c1-4-7-24(32)29-20-13-11-19(12-14-20)25(33)18(3)35-27-30-22-9-6-5-8-21(22)26(34)31(27)23-15-10-17(2)16-28-23/h5-6,8-16,18H,4,7H2,1-3H3,(H,29,32). The number of nitrogens with one attached hydrogen (secondary N) is 1. The molecule has 4 rings (SSSR count). The first-order chi connectivity index (χ1) is 16.9. The van der Waals surface area contributed by atoms with Crippen molar-refractivity contribution in [3.05, 3.63) is 88.3 Å². The third kappa shape index (κ3) is 5.49. The quantitative estimate of drug-likeness (QED) is 0.209. The highest BCUT2D eigenvalue weighted by Gasteiger charge is 2.22. The van der Waals surface area contributed by atoms with Crippen molar-refractivity contribution in [1.82, 2.24) is 14.5 Å². The zero-order chi connectivity index (χ0) is 24.9. The van der Waals surface area contributed by atoms with Crippen molar-refractivity contribution in [3.63, 3.8) is 0 Å². The summed E-state index contributed by atoms with van der Waals surface area (Å²) in [5.74, 6) is 0.293. The smallest absolute Gasteiger partial charge is 0.267 e. The minimum absolute atomic E-state index is 0.0550. The molecule has 4 aromatic rings. The molecule has 0 bridgehead atoms. The molecule has 2 aromatic carbocycles. The summed E-state index contributed by atoms with van der Waals surface area (Å²) in [6, 6.07) is 17.6. The summed E-state index contributed by atoms with van der Waals surface area (Å²) in [6.07, 6.45) is 2.91. The van der Waals surface area contributed by atoms with E-state index in [1.54, 1.807) is 61.7 Å². The van der Waals surface area contributed by atoms with Crippen LogP contribution in [0.4, 0.5) is 5.69 Å². The first-order valence-electron chi connectivity index (χ1n) is 11.4. The predicted octanol–water partition coefficient (Wildman–Crippen LogP) is 5.19. The summed E-state index contributed by atoms with van der Waals surface area (Å²) in [5, 5.41) is 3.19. The van der Waals surface area contributed by atoms with Gasteiger partial charge in [0.15, 0.2) is 10.9 Å². The third-order valence-corrected chi connectivity index (χ3v) is 6.50. The largest absolute Gasteiger partial charge is 0.326 e. The number of ketones is 1. The number of hydrogen-bond donors (Lipinski definition) is 1. The SMILES string of the molecule is CCCC(=O)Nc1ccc(C(=O)C(C)Sc2nc3ccccc3c(=O)n2-c2ccc(C)cn2)cc1. The number of para-hydroxylation sites is 1. The molecule has 0 spiro atoms. The van der Waals surface area contributed by atoms with Gasteiger partial charge >= 0.3 is 0 Å². The average molecular weight is 487 g/mol. The number of thioether (sulfide) groups is 1. The van der Waals surface area contributed by atoms with Crippen molar-refractivity contribution in [1.29, 1.82) is 0 Å². The number of aromatic nitrogens is 3. The Hall–Kier alpha value is -3.78. The monoisotopic (exact) mass is 486 g/mol. The fourth-order valence-corrected chi connectivity index (χ4v) is 4.59. The highest BCUT2D eigenvalue weighted by Crippen LogP contribution is 2.27. The summed E-state index contributed by atoms with van der Waals surface area (Å²) in [4.78, 5) is 47.5. The number of anilines is 1. The molecule has 35 heavy (non-hydrogen) atoms. The summed E-state index contributed by atoms with van der Waals surface area (Å²) in [5.41, 5.74) is 2.47. The van der Waals surface area contributed by atoms with Gasteiger partial charge in [-0.05, 0) is 68.3 Å². The van der Waals surface area contributed by atoms with Crippen LogP contribution in [0, 0.1) is 6.92 Å². The summed E-state index contributed by atoms with van der Waals surface area (Å²) < 4.78 is 1.46. The maximum atomic E-state index is 13.4. The van der Waals surface area contributed by atoms with E-state index in [-0.39, 0.29) is 17.2 Å². The second kappa shape index (κ2) is 10.7. The topological polar surface area (TPSA) is 94.0 Å². The Morgan fingerprint density at radius 3 is 2.49 bits per heavy atom. The molecule has 1 atom stereocenters. The number of rotatable bonds is 8. The molecule has 1 unspecified atom stereocenters. The predicted molar refractivity (Wildman–Crippen MR) is 140 cm³/mol. The first-order valence-corrected chi connectivity index (χ1v) is 12.3. The molecule has 0 saturated heterocycles. The van der Waals surface area contributed by atoms with Gasteiger partial charge in [-0.1, -0.05) is 36.9 Å². The number of aryl methyl sites for hydroxylation is 1. The highest BCUT2D eigenvalue weighted by atomic mass is 32.2. The van der Waals surface area contributed by atoms with E-state index in [1.807, 2.05) is 26.0 Å². The third-order valence-electron chi connectivity index (χ3n) is 5.45. The van der Waals surface area contributed by atoms with Gasteiger partial charge in [0.2, 0.25) is 5.91 Å². The summed E-state index contributed by atoms with van der Waals surface area (Å²) in [7, 11) is 0. The molecule has 0 aliphatic heterocycles. The van der Waals surface area contributed by atoms with Gasteiger partial charge in [0.25, 0.3) is 5.56 Å². The van der Waals surface area contributed by atoms with Gasteiger partial charge in [0, 0.05) is 23.9 Å². The zero-order valence-electron chi connectivity index (χ0n) is 19.8. The van der Waals surface area contributed by atoms with Gasteiger partial charge in [-0.15, -0.1) is 0 Å². The molecule has 0 aliphatic rings. The van der Waals surface area contributed by atoms with Crippen molar-refractivity contribution in [2.24, 2.45) is 0 Å². The van der Waals surface area contributed by atoms with Crippen LogP contribution in [-0.2, 0) is 4.79 Å². The molecular formula is C27H26N4O3S. The van der Waals surface area contributed by atoms with E-state index < -0.39 is 5.25 Å². The normalized spacial score (nSPS) is 11.9. The molecule has 178 valence electrons. The van der Waals surface area contributed by atoms with Gasteiger partial charge in [-0.2, -0.15) is 0 Å². The van der Waals surface area contributed by atoms with E-state index in [9.17, 15) is 14.4 Å². The number of hydrogen-bond acceptors (Lipinski definition) is 6. The summed E-state index contributed by atoms with van der Waals surface area (Å²) in [6.45, 7) is 5.66. The molecule has 0 saturated carbocycles. The maximum Gasteiger partial charge on any atom is 0.267 e. The lowest BCUT2D eigenvalue weighted by atomic mass is 10.1. The Balaban J connectivity index is 1.64. The fourth-order valence-electron chi connectivity index (χ4n) is 3.60. The fraction of sp³-hybridized carbons (Fsp3) is 0.222. The molecule has 2 heterocycles. The molecule has 2 aromatic heterocycles. The lowest BCUT2D eigenvalue weighted by Crippen LogP contribution is -2.24. The number of fused-ring (bicyclic) bond motifs is 1. The summed E-state index contributed by atoms with van der Waals surface area (Å²) >= 11 is 1.22. The van der Waals surface area contributed by atoms with E-state index in [4.69, 9.17) is 4.98 Å². The van der Waals surface area contributed by atoms with Gasteiger partial charge < -0.3 is 5.32 Å². The van der Waals surface area contributed by atoms with Crippen molar-refractivity contribution in [2.75, 3.05) is 5.32 Å². The number of carbonyl (C=O) groups is 2. The minimum Gasteiger partial charge on any atom is -0.326 e. The molecule has 0 aliphatic carbocycles. The maximum absolute atomic E-state index is 13.4. The molecule has 0 radical (unpaired) electrons. The number of benzene rings is 2. The molecule has 1 amide bonds. The van der Waals surface area contributed by atoms with Crippen LogP contribution in [0.3, 0.4) is 0 Å². The van der Waals surface area contributed by atoms with E-state index in [2.05, 4.69) is 10.3 Å². The van der Waals surface area contributed by atoms with E-state index in [0.29, 0.717) is 39.5 Å². The van der Waals surface area contributed by atoms with Crippen LogP contribution in [0.25, 0.3) is 16.7 Å². The lowest BCUT2D eigenvalue weighted by Gasteiger charge is -2.16. The highest BCUT2D eigenvalue weighted by molar-refractivity contribution is 8.00. The van der Waals surface area contributed by atoms with Crippen LogP contribution in [0.2, 0.25) is 0 Å². The molecule has 0 fully saturated rings. The second-order valence-electron chi connectivity index (χ2n) is 8.25. The van der Waals surface area contributed by atoms with Crippen LogP contribution in [0.5, 0.6) is 0 Å². The van der Waals surface area contributed by atoms with Gasteiger partial charge in [-0.25, -0.2) is 14.5 Å². The molecule has 1 N–H and O–H groups in total. The second-order valence-corrected chi connectivity index (χ2v) is 9.55. The average Bonchev–Trinajstić information content (AvgIpc) is 2.85. The Labute approximate surface area is 207 Å². The van der Waals surface area contributed by atoms with Crippen LogP contribution in [-0.4, -0.2) is 31.5 Å². The molecule has 8 heteroatoms. The van der Waals surface area contributed by atoms with E-state index >= 15 is 0 Å². The first kappa shape index (κ1) is 24.3. The van der Waals surface area contributed by atoms with Gasteiger partial charge in [-0.3, -0.25) is 14.4 Å². The van der Waals surface area contributed by atoms with Crippen molar-refractivity contribution < 1.29 is 9.59 Å². The number of Topliss-reactive ketones (excluding diaryl/α,β-unsaturated/α-hetero) is 1. The minimum atomic E-state index is -0.514. The Kier molecular flexibility index (Phi) is 7.41. The van der Waals surface area contributed by atoms with Crippen LogP contribution in [0.1, 0.15) is 42.6 Å². The van der Waals surface area contributed by atoms with Crippen molar-refractivity contribution in [3.8, 4) is 5.82 Å². The number of carbonyl (C=O) groups excluding carboxylic acids is 2.